The van der Waals surface area contributed by atoms with E-state index < -0.39 is 73.4 Å². The summed E-state index contributed by atoms with van der Waals surface area (Å²) in [5.74, 6) is 0.108. The van der Waals surface area contributed by atoms with Crippen LogP contribution in [0.4, 0.5) is 5.69 Å². The summed E-state index contributed by atoms with van der Waals surface area (Å²) in [5, 5.41) is 69.7. The first-order chi connectivity index (χ1) is 14.2. The number of aliphatic hydroxyl groups excluding tert-OH is 6. The van der Waals surface area contributed by atoms with Gasteiger partial charge in [-0.2, -0.15) is 0 Å². The first-order valence-corrected chi connectivity index (χ1v) is 9.07. The van der Waals surface area contributed by atoms with Crippen molar-refractivity contribution in [3.8, 4) is 5.75 Å². The lowest BCUT2D eigenvalue weighted by atomic mass is 9.99. The topological polar surface area (TPSA) is 201 Å². The molecule has 2 saturated heterocycles. The van der Waals surface area contributed by atoms with E-state index in [0.717, 1.165) is 0 Å². The fourth-order valence-electron chi connectivity index (χ4n) is 3.12. The normalized spacial score (nSPS) is 39.1. The number of rotatable bonds is 7. The maximum atomic E-state index is 10.7. The van der Waals surface area contributed by atoms with Crippen molar-refractivity contribution in [3.63, 3.8) is 0 Å². The van der Waals surface area contributed by atoms with E-state index in [1.807, 2.05) is 0 Å². The largest absolute Gasteiger partial charge is 0.462 e. The Kier molecular flexibility index (Phi) is 7.18. The molecule has 13 nitrogen and oxygen atoms in total. The average molecular weight is 433 g/mol. The van der Waals surface area contributed by atoms with E-state index in [9.17, 15) is 35.6 Å². The summed E-state index contributed by atoms with van der Waals surface area (Å²) < 4.78 is 21.3. The Bertz CT molecular complexity index is 717. The fourth-order valence-corrected chi connectivity index (χ4v) is 3.12. The highest BCUT2D eigenvalue weighted by atomic mass is 16.7. The Hall–Kier alpha value is -1.94. The van der Waals surface area contributed by atoms with Crippen LogP contribution in [0.2, 0.25) is 0 Å². The standard InChI is InChI=1S/C17H23NO12/c19-5-9-11(20)14(23)16(29-9)27-6-10-12(21)13(22)15(24)17(30-10)28-8-3-1-7(2-4-8)18(25)26/h1-4,9-17,19-24H,5-6H2/t9-,10+,11-,12+,13-,14+,15+,16+,17+/m0/s1. The molecule has 0 bridgehead atoms. The molecular formula is C17H23NO12. The highest BCUT2D eigenvalue weighted by Crippen LogP contribution is 2.27. The quantitative estimate of drug-likeness (QED) is 0.191. The zero-order valence-electron chi connectivity index (χ0n) is 15.5. The molecule has 30 heavy (non-hydrogen) atoms. The second-order valence-corrected chi connectivity index (χ2v) is 6.92. The molecule has 0 radical (unpaired) electrons. The maximum Gasteiger partial charge on any atom is 0.269 e. The van der Waals surface area contributed by atoms with Crippen molar-refractivity contribution in [2.75, 3.05) is 13.2 Å². The Morgan fingerprint density at radius 2 is 1.43 bits per heavy atom. The van der Waals surface area contributed by atoms with Gasteiger partial charge in [-0.25, -0.2) is 0 Å². The van der Waals surface area contributed by atoms with Crippen molar-refractivity contribution in [3.05, 3.63) is 34.4 Å². The van der Waals surface area contributed by atoms with Gasteiger partial charge < -0.3 is 49.6 Å². The predicted molar refractivity (Wildman–Crippen MR) is 94.1 cm³/mol. The van der Waals surface area contributed by atoms with E-state index in [1.165, 1.54) is 24.3 Å². The lowest BCUT2D eigenvalue weighted by Gasteiger charge is -2.40. The summed E-state index contributed by atoms with van der Waals surface area (Å²) in [4.78, 5) is 10.1. The molecule has 0 aromatic heterocycles. The van der Waals surface area contributed by atoms with Crippen molar-refractivity contribution >= 4 is 5.69 Å². The second-order valence-electron chi connectivity index (χ2n) is 6.92. The molecule has 3 rings (SSSR count). The van der Waals surface area contributed by atoms with Crippen LogP contribution in [0.5, 0.6) is 5.75 Å². The smallest absolute Gasteiger partial charge is 0.269 e. The fraction of sp³-hybridized carbons (Fsp3) is 0.647. The highest BCUT2D eigenvalue weighted by Gasteiger charge is 2.47. The number of nitrogens with zero attached hydrogens (tertiary/aromatic N) is 1. The van der Waals surface area contributed by atoms with Gasteiger partial charge in [-0.05, 0) is 12.1 Å². The van der Waals surface area contributed by atoms with Gasteiger partial charge in [0.25, 0.3) is 5.69 Å². The van der Waals surface area contributed by atoms with Crippen LogP contribution >= 0.6 is 0 Å². The molecular weight excluding hydrogens is 410 g/mol. The van der Waals surface area contributed by atoms with Gasteiger partial charge in [-0.3, -0.25) is 10.1 Å². The molecule has 0 saturated carbocycles. The molecule has 2 fully saturated rings. The Balaban J connectivity index is 1.62. The number of ether oxygens (including phenoxy) is 4. The van der Waals surface area contributed by atoms with Crippen LogP contribution in [0.3, 0.4) is 0 Å². The summed E-state index contributed by atoms with van der Waals surface area (Å²) in [6.45, 7) is -0.964. The third-order valence-electron chi connectivity index (χ3n) is 4.89. The molecule has 1 aromatic rings. The van der Waals surface area contributed by atoms with Gasteiger partial charge in [0, 0.05) is 12.1 Å². The minimum absolute atomic E-state index is 0.108. The highest BCUT2D eigenvalue weighted by molar-refractivity contribution is 5.36. The van der Waals surface area contributed by atoms with Gasteiger partial charge in [0.1, 0.15) is 48.5 Å². The lowest BCUT2D eigenvalue weighted by molar-refractivity contribution is -0.384. The average Bonchev–Trinajstić information content (AvgIpc) is 3.01. The zero-order chi connectivity index (χ0) is 22.0. The third kappa shape index (κ3) is 4.69. The van der Waals surface area contributed by atoms with Gasteiger partial charge in [0.05, 0.1) is 18.1 Å². The number of non-ortho nitro benzene ring substituents is 1. The number of nitro groups is 1. The van der Waals surface area contributed by atoms with Crippen LogP contribution in [0.1, 0.15) is 0 Å². The molecule has 0 unspecified atom stereocenters. The molecule has 0 aliphatic carbocycles. The van der Waals surface area contributed by atoms with E-state index in [2.05, 4.69) is 0 Å². The molecule has 6 N–H and O–H groups in total. The molecule has 1 aromatic carbocycles. The molecule has 0 spiro atoms. The van der Waals surface area contributed by atoms with E-state index in [0.29, 0.717) is 0 Å². The monoisotopic (exact) mass is 433 g/mol. The number of aliphatic hydroxyl groups is 6. The Labute approximate surface area is 169 Å². The first-order valence-electron chi connectivity index (χ1n) is 9.07. The van der Waals surface area contributed by atoms with Crippen LogP contribution in [0.25, 0.3) is 0 Å². The van der Waals surface area contributed by atoms with E-state index in [1.54, 1.807) is 0 Å². The van der Waals surface area contributed by atoms with E-state index in [-0.39, 0.29) is 11.4 Å². The lowest BCUT2D eigenvalue weighted by Crippen LogP contribution is -2.60. The van der Waals surface area contributed by atoms with Gasteiger partial charge in [0.2, 0.25) is 6.29 Å². The van der Waals surface area contributed by atoms with Crippen molar-refractivity contribution in [2.45, 2.75) is 55.3 Å². The second kappa shape index (κ2) is 9.47. The summed E-state index contributed by atoms with van der Waals surface area (Å²) in [6, 6.07) is 4.91. The van der Waals surface area contributed by atoms with Crippen LogP contribution in [-0.4, -0.2) is 104 Å². The van der Waals surface area contributed by atoms with Gasteiger partial charge in [0.15, 0.2) is 6.29 Å². The van der Waals surface area contributed by atoms with Crippen LogP contribution in [-0.2, 0) is 14.2 Å². The Morgan fingerprint density at radius 1 is 0.867 bits per heavy atom. The third-order valence-corrected chi connectivity index (χ3v) is 4.89. The Morgan fingerprint density at radius 3 is 2.00 bits per heavy atom. The predicted octanol–water partition coefficient (Wildman–Crippen LogP) is -2.76. The van der Waals surface area contributed by atoms with Gasteiger partial charge >= 0.3 is 0 Å². The molecule has 0 amide bonds. The molecule has 2 aliphatic rings. The van der Waals surface area contributed by atoms with Gasteiger partial charge in [-0.1, -0.05) is 0 Å². The van der Waals surface area contributed by atoms with Crippen molar-refractivity contribution < 1.29 is 54.5 Å². The number of hydrogen-bond donors (Lipinski definition) is 6. The minimum Gasteiger partial charge on any atom is -0.462 e. The van der Waals surface area contributed by atoms with Crippen molar-refractivity contribution in [2.24, 2.45) is 0 Å². The molecule has 168 valence electrons. The summed E-state index contributed by atoms with van der Waals surface area (Å²) in [5.41, 5.74) is -0.173. The van der Waals surface area contributed by atoms with Crippen LogP contribution in [0, 0.1) is 10.1 Å². The summed E-state index contributed by atoms with van der Waals surface area (Å²) in [6.07, 6.45) is -12.7. The number of nitro benzene ring substituents is 1. The molecule has 13 heteroatoms. The SMILES string of the molecule is O=[N+]([O-])c1ccc(O[C@@H]2O[C@H](CO[C@@H]3O[C@@H](CO)[C@H](O)[C@H]3O)[C@@H](O)[C@H](O)[C@H]2O)cc1. The van der Waals surface area contributed by atoms with Crippen molar-refractivity contribution in [1.29, 1.82) is 0 Å². The van der Waals surface area contributed by atoms with E-state index >= 15 is 0 Å². The minimum atomic E-state index is -1.67. The molecule has 2 heterocycles. The van der Waals surface area contributed by atoms with E-state index in [4.69, 9.17) is 24.1 Å². The molecule has 9 atom stereocenters. The maximum absolute atomic E-state index is 10.7. The summed E-state index contributed by atoms with van der Waals surface area (Å²) in [7, 11) is 0. The first kappa shape index (κ1) is 22.7. The van der Waals surface area contributed by atoms with Gasteiger partial charge in [-0.15, -0.1) is 0 Å². The number of hydrogen-bond acceptors (Lipinski definition) is 12. The molecule has 2 aliphatic heterocycles. The van der Waals surface area contributed by atoms with Crippen molar-refractivity contribution in [1.82, 2.24) is 0 Å². The number of benzene rings is 1. The van der Waals surface area contributed by atoms with Crippen LogP contribution in [0.15, 0.2) is 24.3 Å². The summed E-state index contributed by atoms with van der Waals surface area (Å²) >= 11 is 0. The zero-order valence-corrected chi connectivity index (χ0v) is 15.5. The van der Waals surface area contributed by atoms with Crippen LogP contribution < -0.4 is 4.74 Å².